The second kappa shape index (κ2) is 10.7. The molecule has 28 heavy (non-hydrogen) atoms. The second-order valence-corrected chi connectivity index (χ2v) is 5.91. The number of nitrogens with one attached hydrogen (secondary N) is 4. The van der Waals surface area contributed by atoms with Crippen LogP contribution in [0.1, 0.15) is 16.1 Å². The van der Waals surface area contributed by atoms with Crippen molar-refractivity contribution in [1.82, 2.24) is 20.9 Å². The van der Waals surface area contributed by atoms with Gasteiger partial charge in [-0.2, -0.15) is 0 Å². The predicted octanol–water partition coefficient (Wildman–Crippen LogP) is 2.66. The molecular weight excluding hydrogens is 476 g/mol. The zero-order valence-corrected chi connectivity index (χ0v) is 17.8. The molecule has 3 aromatic rings. The van der Waals surface area contributed by atoms with Crippen LogP contribution in [-0.4, -0.2) is 43.5 Å². The number of aliphatic imine (C=N–C) groups is 1. The zero-order valence-electron chi connectivity index (χ0n) is 15.4. The summed E-state index contributed by atoms with van der Waals surface area (Å²) in [4.78, 5) is 19.0. The van der Waals surface area contributed by atoms with E-state index in [1.54, 1.807) is 25.2 Å². The van der Waals surface area contributed by atoms with Crippen LogP contribution in [0.25, 0.3) is 10.9 Å². The maximum atomic E-state index is 13.4. The number of aromatic nitrogens is 1. The van der Waals surface area contributed by atoms with Gasteiger partial charge in [0.05, 0.1) is 6.26 Å². The topological polar surface area (TPSA) is 94.4 Å². The standard InChI is InChI=1S/C19H22FN5O2.HI/c1-21-19(24-9-8-22-18(26)17-3-2-10-27-17)23-7-6-13-12-25-16-5-4-14(20)11-15(13)16;/h2-5,10-12,25H,6-9H2,1H3,(H,22,26)(H2,21,23,24);1H. The quantitative estimate of drug-likeness (QED) is 0.174. The fourth-order valence-corrected chi connectivity index (χ4v) is 2.75. The number of aromatic amines is 1. The zero-order chi connectivity index (χ0) is 19.1. The molecule has 0 aliphatic carbocycles. The third-order valence-electron chi connectivity index (χ3n) is 4.09. The van der Waals surface area contributed by atoms with Gasteiger partial charge < -0.3 is 25.4 Å². The molecule has 0 bridgehead atoms. The van der Waals surface area contributed by atoms with Gasteiger partial charge >= 0.3 is 0 Å². The van der Waals surface area contributed by atoms with Gasteiger partial charge in [0.1, 0.15) is 5.82 Å². The minimum absolute atomic E-state index is 0. The lowest BCUT2D eigenvalue weighted by Gasteiger charge is -2.12. The number of nitrogens with zero attached hydrogens (tertiary/aromatic N) is 1. The molecule has 2 aromatic heterocycles. The highest BCUT2D eigenvalue weighted by Crippen LogP contribution is 2.19. The molecule has 9 heteroatoms. The van der Waals surface area contributed by atoms with Crippen LogP contribution in [0.5, 0.6) is 0 Å². The number of rotatable bonds is 7. The summed E-state index contributed by atoms with van der Waals surface area (Å²) in [6.07, 6.45) is 4.08. The first kappa shape index (κ1) is 21.7. The summed E-state index contributed by atoms with van der Waals surface area (Å²) in [6, 6.07) is 7.99. The van der Waals surface area contributed by atoms with Gasteiger partial charge in [-0.15, -0.1) is 24.0 Å². The largest absolute Gasteiger partial charge is 0.459 e. The van der Waals surface area contributed by atoms with Crippen molar-refractivity contribution in [2.24, 2.45) is 4.99 Å². The minimum atomic E-state index is -0.253. The van der Waals surface area contributed by atoms with E-state index in [1.165, 1.54) is 18.4 Å². The molecule has 4 N–H and O–H groups in total. The first-order valence-corrected chi connectivity index (χ1v) is 8.69. The Morgan fingerprint density at radius 2 is 1.96 bits per heavy atom. The number of halogens is 2. The molecule has 0 radical (unpaired) electrons. The van der Waals surface area contributed by atoms with E-state index in [0.29, 0.717) is 25.6 Å². The minimum Gasteiger partial charge on any atom is -0.459 e. The van der Waals surface area contributed by atoms with E-state index in [0.717, 1.165) is 22.9 Å². The lowest BCUT2D eigenvalue weighted by molar-refractivity contribution is 0.0926. The predicted molar refractivity (Wildman–Crippen MR) is 118 cm³/mol. The third-order valence-corrected chi connectivity index (χ3v) is 4.09. The molecule has 1 aromatic carbocycles. The number of furan rings is 1. The number of hydrogen-bond acceptors (Lipinski definition) is 3. The van der Waals surface area contributed by atoms with Crippen LogP contribution in [-0.2, 0) is 6.42 Å². The summed E-state index contributed by atoms with van der Waals surface area (Å²) in [6.45, 7) is 1.59. The van der Waals surface area contributed by atoms with E-state index in [2.05, 4.69) is 25.9 Å². The van der Waals surface area contributed by atoms with E-state index in [4.69, 9.17) is 4.42 Å². The molecule has 0 saturated carbocycles. The van der Waals surface area contributed by atoms with Gasteiger partial charge in [0.2, 0.25) is 0 Å². The molecule has 0 spiro atoms. The van der Waals surface area contributed by atoms with Crippen molar-refractivity contribution in [1.29, 1.82) is 0 Å². The Morgan fingerprint density at radius 3 is 2.71 bits per heavy atom. The van der Waals surface area contributed by atoms with Crippen molar-refractivity contribution >= 4 is 46.7 Å². The van der Waals surface area contributed by atoms with Gasteiger partial charge in [0.15, 0.2) is 11.7 Å². The first-order valence-electron chi connectivity index (χ1n) is 8.69. The molecule has 0 saturated heterocycles. The number of H-pyrrole nitrogens is 1. The Morgan fingerprint density at radius 1 is 1.18 bits per heavy atom. The van der Waals surface area contributed by atoms with Crippen LogP contribution in [0.3, 0.4) is 0 Å². The summed E-state index contributed by atoms with van der Waals surface area (Å²) in [5.74, 6) is 0.419. The van der Waals surface area contributed by atoms with Crippen LogP contribution in [0.2, 0.25) is 0 Å². The lowest BCUT2D eigenvalue weighted by Crippen LogP contribution is -2.42. The number of carbonyl (C=O) groups excluding carboxylic acids is 1. The molecule has 3 rings (SSSR count). The molecule has 150 valence electrons. The van der Waals surface area contributed by atoms with E-state index < -0.39 is 0 Å². The number of hydrogen-bond donors (Lipinski definition) is 4. The van der Waals surface area contributed by atoms with Crippen LogP contribution < -0.4 is 16.0 Å². The monoisotopic (exact) mass is 499 g/mol. The Balaban J connectivity index is 0.00000280. The molecule has 0 aliphatic heterocycles. The molecule has 0 atom stereocenters. The highest BCUT2D eigenvalue weighted by Gasteiger charge is 2.07. The maximum Gasteiger partial charge on any atom is 0.287 e. The van der Waals surface area contributed by atoms with Crippen molar-refractivity contribution in [3.05, 3.63) is 59.9 Å². The van der Waals surface area contributed by atoms with Crippen LogP contribution >= 0.6 is 24.0 Å². The van der Waals surface area contributed by atoms with E-state index in [9.17, 15) is 9.18 Å². The van der Waals surface area contributed by atoms with Crippen molar-refractivity contribution in [3.8, 4) is 0 Å². The Kier molecular flexibility index (Phi) is 8.30. The normalized spacial score (nSPS) is 11.1. The van der Waals surface area contributed by atoms with Crippen molar-refractivity contribution in [2.45, 2.75) is 6.42 Å². The van der Waals surface area contributed by atoms with Crippen LogP contribution in [0.4, 0.5) is 4.39 Å². The Hall–Kier alpha value is -2.56. The summed E-state index contributed by atoms with van der Waals surface area (Å²) < 4.78 is 18.5. The number of fused-ring (bicyclic) bond motifs is 1. The smallest absolute Gasteiger partial charge is 0.287 e. The van der Waals surface area contributed by atoms with Gasteiger partial charge in [0, 0.05) is 43.8 Å². The van der Waals surface area contributed by atoms with Gasteiger partial charge in [-0.05, 0) is 42.3 Å². The summed E-state index contributed by atoms with van der Waals surface area (Å²) in [7, 11) is 1.68. The average Bonchev–Trinajstić information content (AvgIpc) is 3.33. The molecule has 1 amide bonds. The maximum absolute atomic E-state index is 13.4. The van der Waals surface area contributed by atoms with Crippen LogP contribution in [0, 0.1) is 5.82 Å². The van der Waals surface area contributed by atoms with Crippen LogP contribution in [0.15, 0.2) is 52.2 Å². The van der Waals surface area contributed by atoms with Gasteiger partial charge in [-0.25, -0.2) is 4.39 Å². The molecular formula is C19H23FIN5O2. The Bertz CT molecular complexity index is 924. The summed E-state index contributed by atoms with van der Waals surface area (Å²) in [5.41, 5.74) is 1.96. The number of guanidine groups is 1. The molecule has 2 heterocycles. The van der Waals surface area contributed by atoms with E-state index >= 15 is 0 Å². The highest BCUT2D eigenvalue weighted by atomic mass is 127. The Labute approximate surface area is 179 Å². The first-order chi connectivity index (χ1) is 13.2. The number of amides is 1. The summed E-state index contributed by atoms with van der Waals surface area (Å²) in [5, 5.41) is 9.96. The average molecular weight is 499 g/mol. The van der Waals surface area contributed by atoms with Crippen molar-refractivity contribution < 1.29 is 13.6 Å². The van der Waals surface area contributed by atoms with Crippen molar-refractivity contribution in [2.75, 3.05) is 26.7 Å². The van der Waals surface area contributed by atoms with Gasteiger partial charge in [-0.3, -0.25) is 9.79 Å². The van der Waals surface area contributed by atoms with Gasteiger partial charge in [0.25, 0.3) is 5.91 Å². The fraction of sp³-hybridized carbons (Fsp3) is 0.263. The molecule has 7 nitrogen and oxygen atoms in total. The number of carbonyl (C=O) groups is 1. The van der Waals surface area contributed by atoms with Crippen molar-refractivity contribution in [3.63, 3.8) is 0 Å². The van der Waals surface area contributed by atoms with Gasteiger partial charge in [-0.1, -0.05) is 0 Å². The van der Waals surface area contributed by atoms with E-state index in [1.807, 2.05) is 6.20 Å². The second-order valence-electron chi connectivity index (χ2n) is 5.91. The number of benzene rings is 1. The van der Waals surface area contributed by atoms with E-state index in [-0.39, 0.29) is 41.5 Å². The summed E-state index contributed by atoms with van der Waals surface area (Å²) >= 11 is 0. The molecule has 0 unspecified atom stereocenters. The molecule has 0 aliphatic rings. The third kappa shape index (κ3) is 5.72. The highest BCUT2D eigenvalue weighted by molar-refractivity contribution is 14.0. The lowest BCUT2D eigenvalue weighted by atomic mass is 10.1. The SMILES string of the molecule is CN=C(NCCNC(=O)c1ccco1)NCCc1c[nH]c2ccc(F)cc12.I. The molecule has 0 fully saturated rings. The fourth-order valence-electron chi connectivity index (χ4n) is 2.75.